The van der Waals surface area contributed by atoms with E-state index in [0.717, 1.165) is 12.8 Å². The van der Waals surface area contributed by atoms with Crippen LogP contribution in [0.5, 0.6) is 0 Å². The Balaban J connectivity index is 2.75. The van der Waals surface area contributed by atoms with Crippen LogP contribution in [0.1, 0.15) is 46.0 Å². The summed E-state index contributed by atoms with van der Waals surface area (Å²) in [7, 11) is 0.512. The van der Waals surface area contributed by atoms with Crippen LogP contribution in [0.2, 0.25) is 0 Å². The SMILES string of the molecule is CNC1(CN(C)S(=O)(=O)C(C)C)CCCCC1. The number of likely N-dealkylation sites (N-methyl/N-ethyl adjacent to an activating group) is 2. The number of nitrogens with zero attached hydrogens (tertiary/aromatic N) is 1. The minimum absolute atomic E-state index is 0.0189. The fourth-order valence-corrected chi connectivity index (χ4v) is 3.74. The predicted octanol–water partition coefficient (Wildman–Crippen LogP) is 1.58. The van der Waals surface area contributed by atoms with Gasteiger partial charge in [0, 0.05) is 19.1 Å². The van der Waals surface area contributed by atoms with Gasteiger partial charge in [-0.25, -0.2) is 12.7 Å². The maximum atomic E-state index is 12.1. The highest BCUT2D eigenvalue weighted by Crippen LogP contribution is 2.29. The Kier molecular flexibility index (Phi) is 4.98. The van der Waals surface area contributed by atoms with Crippen LogP contribution in [0.3, 0.4) is 0 Å². The lowest BCUT2D eigenvalue weighted by molar-refractivity contribution is 0.208. The molecule has 5 heteroatoms. The molecule has 0 spiro atoms. The molecular formula is C12H26N2O2S. The Bertz CT molecular complexity index is 332. The largest absolute Gasteiger partial charge is 0.313 e. The van der Waals surface area contributed by atoms with E-state index in [2.05, 4.69) is 5.32 Å². The van der Waals surface area contributed by atoms with Gasteiger partial charge in [0.05, 0.1) is 5.25 Å². The maximum absolute atomic E-state index is 12.1. The molecule has 102 valence electrons. The lowest BCUT2D eigenvalue weighted by Crippen LogP contribution is -2.54. The third-order valence-electron chi connectivity index (χ3n) is 3.90. The molecule has 0 aromatic rings. The average Bonchev–Trinajstić information content (AvgIpc) is 2.30. The van der Waals surface area contributed by atoms with Crippen LogP contribution < -0.4 is 5.32 Å². The van der Waals surface area contributed by atoms with E-state index >= 15 is 0 Å². The monoisotopic (exact) mass is 262 g/mol. The van der Waals surface area contributed by atoms with E-state index in [9.17, 15) is 8.42 Å². The molecule has 1 aliphatic rings. The zero-order valence-corrected chi connectivity index (χ0v) is 12.3. The first kappa shape index (κ1) is 14.9. The first-order valence-electron chi connectivity index (χ1n) is 6.48. The second kappa shape index (κ2) is 5.67. The molecule has 0 unspecified atom stereocenters. The maximum Gasteiger partial charge on any atom is 0.216 e. The zero-order chi connectivity index (χ0) is 13.1. The number of hydrogen-bond acceptors (Lipinski definition) is 3. The number of nitrogens with one attached hydrogen (secondary N) is 1. The lowest BCUT2D eigenvalue weighted by Gasteiger charge is -2.40. The summed E-state index contributed by atoms with van der Waals surface area (Å²) in [6.07, 6.45) is 5.79. The standard InChI is InChI=1S/C12H26N2O2S/c1-11(2)17(15,16)14(4)10-12(13-3)8-6-5-7-9-12/h11,13H,5-10H2,1-4H3. The molecule has 4 nitrogen and oxygen atoms in total. The van der Waals surface area contributed by atoms with Gasteiger partial charge in [0.15, 0.2) is 0 Å². The quantitative estimate of drug-likeness (QED) is 0.818. The Morgan fingerprint density at radius 2 is 1.76 bits per heavy atom. The molecule has 1 aliphatic carbocycles. The highest BCUT2D eigenvalue weighted by atomic mass is 32.2. The van der Waals surface area contributed by atoms with Crippen LogP contribution in [0, 0.1) is 0 Å². The Morgan fingerprint density at radius 1 is 1.24 bits per heavy atom. The molecule has 0 bridgehead atoms. The first-order valence-corrected chi connectivity index (χ1v) is 7.98. The molecule has 1 N–H and O–H groups in total. The highest BCUT2D eigenvalue weighted by Gasteiger charge is 2.35. The van der Waals surface area contributed by atoms with Crippen LogP contribution >= 0.6 is 0 Å². The highest BCUT2D eigenvalue weighted by molar-refractivity contribution is 7.89. The van der Waals surface area contributed by atoms with Crippen molar-refractivity contribution in [3.8, 4) is 0 Å². The molecule has 0 heterocycles. The average molecular weight is 262 g/mol. The summed E-state index contributed by atoms with van der Waals surface area (Å²) < 4.78 is 25.6. The van der Waals surface area contributed by atoms with Gasteiger partial charge in [-0.3, -0.25) is 0 Å². The van der Waals surface area contributed by atoms with Gasteiger partial charge in [0.2, 0.25) is 10.0 Å². The molecule has 0 aromatic heterocycles. The van der Waals surface area contributed by atoms with E-state index in [4.69, 9.17) is 0 Å². The summed E-state index contributed by atoms with van der Waals surface area (Å²) in [4.78, 5) is 0. The van der Waals surface area contributed by atoms with Crippen molar-refractivity contribution in [1.29, 1.82) is 0 Å². The van der Waals surface area contributed by atoms with Crippen molar-refractivity contribution < 1.29 is 8.42 Å². The molecule has 0 radical (unpaired) electrons. The van der Waals surface area contributed by atoms with E-state index in [1.54, 1.807) is 20.9 Å². The van der Waals surface area contributed by atoms with Crippen molar-refractivity contribution in [1.82, 2.24) is 9.62 Å². The van der Waals surface area contributed by atoms with Crippen molar-refractivity contribution in [3.05, 3.63) is 0 Å². The summed E-state index contributed by atoms with van der Waals surface area (Å²) in [5.74, 6) is 0. The number of rotatable bonds is 5. The topological polar surface area (TPSA) is 49.4 Å². The van der Waals surface area contributed by atoms with Gasteiger partial charge in [-0.2, -0.15) is 0 Å². The zero-order valence-electron chi connectivity index (χ0n) is 11.5. The van der Waals surface area contributed by atoms with E-state index in [-0.39, 0.29) is 10.8 Å². The third-order valence-corrected chi connectivity index (χ3v) is 6.09. The molecule has 1 saturated carbocycles. The summed E-state index contributed by atoms with van der Waals surface area (Å²) in [6.45, 7) is 4.06. The second-order valence-corrected chi connectivity index (χ2v) is 8.04. The molecule has 0 amide bonds. The van der Waals surface area contributed by atoms with Crippen molar-refractivity contribution >= 4 is 10.0 Å². The van der Waals surface area contributed by atoms with Crippen LogP contribution in [0.15, 0.2) is 0 Å². The van der Waals surface area contributed by atoms with Crippen LogP contribution in [-0.2, 0) is 10.0 Å². The van der Waals surface area contributed by atoms with E-state index in [0.29, 0.717) is 6.54 Å². The Labute approximate surface area is 106 Å². The summed E-state index contributed by atoms with van der Waals surface area (Å²) in [5.41, 5.74) is -0.0189. The van der Waals surface area contributed by atoms with Crippen molar-refractivity contribution in [3.63, 3.8) is 0 Å². The number of sulfonamides is 1. The molecule has 0 aromatic carbocycles. The first-order chi connectivity index (χ1) is 7.84. The lowest BCUT2D eigenvalue weighted by atomic mass is 9.82. The summed E-state index contributed by atoms with van der Waals surface area (Å²) in [5, 5.41) is 3.01. The minimum Gasteiger partial charge on any atom is -0.313 e. The molecule has 0 saturated heterocycles. The molecule has 0 atom stereocenters. The molecule has 1 fully saturated rings. The summed E-state index contributed by atoms with van der Waals surface area (Å²) >= 11 is 0. The Hall–Kier alpha value is -0.130. The van der Waals surface area contributed by atoms with Gasteiger partial charge in [0.25, 0.3) is 0 Å². The van der Waals surface area contributed by atoms with E-state index in [1.165, 1.54) is 23.6 Å². The fourth-order valence-electron chi connectivity index (χ4n) is 2.59. The van der Waals surface area contributed by atoms with Crippen LogP contribution in [0.25, 0.3) is 0 Å². The fraction of sp³-hybridized carbons (Fsp3) is 1.00. The summed E-state index contributed by atoms with van der Waals surface area (Å²) in [6, 6.07) is 0. The Morgan fingerprint density at radius 3 is 2.18 bits per heavy atom. The third kappa shape index (κ3) is 3.42. The molecule has 0 aliphatic heterocycles. The van der Waals surface area contributed by atoms with E-state index in [1.807, 2.05) is 7.05 Å². The van der Waals surface area contributed by atoms with Gasteiger partial charge in [0.1, 0.15) is 0 Å². The molecule has 17 heavy (non-hydrogen) atoms. The minimum atomic E-state index is -3.13. The van der Waals surface area contributed by atoms with Crippen molar-refractivity contribution in [2.75, 3.05) is 20.6 Å². The van der Waals surface area contributed by atoms with Gasteiger partial charge in [-0.05, 0) is 33.7 Å². The van der Waals surface area contributed by atoms with E-state index < -0.39 is 10.0 Å². The smallest absolute Gasteiger partial charge is 0.216 e. The van der Waals surface area contributed by atoms with Gasteiger partial charge < -0.3 is 5.32 Å². The molecule has 1 rings (SSSR count). The van der Waals surface area contributed by atoms with Crippen molar-refractivity contribution in [2.24, 2.45) is 0 Å². The second-order valence-electron chi connectivity index (χ2n) is 5.44. The van der Waals surface area contributed by atoms with Gasteiger partial charge in [-0.1, -0.05) is 19.3 Å². The van der Waals surface area contributed by atoms with Crippen LogP contribution in [-0.4, -0.2) is 44.2 Å². The predicted molar refractivity (Wildman–Crippen MR) is 71.6 cm³/mol. The normalized spacial score (nSPS) is 21.1. The number of hydrogen-bond donors (Lipinski definition) is 1. The van der Waals surface area contributed by atoms with Gasteiger partial charge in [-0.15, -0.1) is 0 Å². The molecular weight excluding hydrogens is 236 g/mol. The van der Waals surface area contributed by atoms with Crippen LogP contribution in [0.4, 0.5) is 0 Å². The van der Waals surface area contributed by atoms with Gasteiger partial charge >= 0.3 is 0 Å². The van der Waals surface area contributed by atoms with Crippen molar-refractivity contribution in [2.45, 2.75) is 56.7 Å².